The summed E-state index contributed by atoms with van der Waals surface area (Å²) in [6.45, 7) is 7.47. The summed E-state index contributed by atoms with van der Waals surface area (Å²) in [6.07, 6.45) is 0. The molecule has 1 amide bonds. The third-order valence-corrected chi connectivity index (χ3v) is 3.42. The average molecular weight is 312 g/mol. The van der Waals surface area contributed by atoms with Crippen LogP contribution in [0.2, 0.25) is 5.02 Å². The first-order valence-corrected chi connectivity index (χ1v) is 7.42. The molecule has 0 saturated heterocycles. The molecular weight excluding hydrogens is 286 g/mol. The number of nitrogens with zero attached hydrogens (tertiary/aromatic N) is 2. The Bertz CT molecular complexity index is 495. The predicted molar refractivity (Wildman–Crippen MR) is 90.0 cm³/mol. The van der Waals surface area contributed by atoms with Gasteiger partial charge in [-0.15, -0.1) is 0 Å². The van der Waals surface area contributed by atoms with Crippen LogP contribution in [-0.2, 0) is 11.3 Å². The van der Waals surface area contributed by atoms with Gasteiger partial charge in [-0.3, -0.25) is 4.79 Å². The molecule has 0 atom stereocenters. The van der Waals surface area contributed by atoms with Crippen molar-refractivity contribution in [2.45, 2.75) is 32.9 Å². The Kier molecular flexibility index (Phi) is 6.05. The van der Waals surface area contributed by atoms with Crippen molar-refractivity contribution in [1.29, 1.82) is 0 Å². The van der Waals surface area contributed by atoms with E-state index in [0.29, 0.717) is 11.6 Å². The molecule has 118 valence electrons. The summed E-state index contributed by atoms with van der Waals surface area (Å²) in [4.78, 5) is 15.2. The molecule has 1 N–H and O–H groups in total. The van der Waals surface area contributed by atoms with Gasteiger partial charge in [-0.25, -0.2) is 0 Å². The Morgan fingerprint density at radius 3 is 2.33 bits per heavy atom. The van der Waals surface area contributed by atoms with Gasteiger partial charge in [-0.05, 0) is 38.5 Å². The molecule has 1 aromatic rings. The molecular formula is C16H26ClN3O. The molecule has 0 spiro atoms. The van der Waals surface area contributed by atoms with Crippen LogP contribution in [0, 0.1) is 0 Å². The highest BCUT2D eigenvalue weighted by Crippen LogP contribution is 2.26. The van der Waals surface area contributed by atoms with E-state index in [-0.39, 0.29) is 11.4 Å². The maximum absolute atomic E-state index is 11.7. The predicted octanol–water partition coefficient (Wildman–Crippen LogP) is 2.75. The van der Waals surface area contributed by atoms with Gasteiger partial charge in [0.2, 0.25) is 5.91 Å². The molecule has 0 saturated carbocycles. The fourth-order valence-electron chi connectivity index (χ4n) is 1.77. The van der Waals surface area contributed by atoms with Gasteiger partial charge in [0.1, 0.15) is 0 Å². The fourth-order valence-corrected chi connectivity index (χ4v) is 2.11. The number of nitrogens with one attached hydrogen (secondary N) is 1. The molecule has 4 nitrogen and oxygen atoms in total. The summed E-state index contributed by atoms with van der Waals surface area (Å²) in [5.74, 6) is 0.0482. The van der Waals surface area contributed by atoms with Crippen LogP contribution in [0.15, 0.2) is 18.2 Å². The van der Waals surface area contributed by atoms with Gasteiger partial charge < -0.3 is 15.1 Å². The van der Waals surface area contributed by atoms with Crippen molar-refractivity contribution in [2.24, 2.45) is 0 Å². The number of anilines is 1. The van der Waals surface area contributed by atoms with Crippen LogP contribution < -0.4 is 10.2 Å². The SMILES string of the molecule is CN(C)C(=O)CN(C)c1ccc(CNC(C)(C)C)cc1Cl. The van der Waals surface area contributed by atoms with Gasteiger partial charge in [0.25, 0.3) is 0 Å². The second kappa shape index (κ2) is 7.14. The van der Waals surface area contributed by atoms with Crippen molar-refractivity contribution in [1.82, 2.24) is 10.2 Å². The number of hydrogen-bond acceptors (Lipinski definition) is 3. The van der Waals surface area contributed by atoms with E-state index in [1.807, 2.05) is 30.1 Å². The highest BCUT2D eigenvalue weighted by molar-refractivity contribution is 6.33. The maximum Gasteiger partial charge on any atom is 0.241 e. The maximum atomic E-state index is 11.7. The van der Waals surface area contributed by atoms with Crippen LogP contribution in [0.4, 0.5) is 5.69 Å². The van der Waals surface area contributed by atoms with E-state index in [4.69, 9.17) is 11.6 Å². The number of rotatable bonds is 5. The van der Waals surface area contributed by atoms with Gasteiger partial charge in [-0.2, -0.15) is 0 Å². The zero-order valence-corrected chi connectivity index (χ0v) is 14.6. The van der Waals surface area contributed by atoms with E-state index >= 15 is 0 Å². The summed E-state index contributed by atoms with van der Waals surface area (Å²) in [6, 6.07) is 5.95. The van der Waals surface area contributed by atoms with Crippen LogP contribution in [0.5, 0.6) is 0 Å². The molecule has 0 bridgehead atoms. The Morgan fingerprint density at radius 1 is 1.24 bits per heavy atom. The number of carbonyl (C=O) groups excluding carboxylic acids is 1. The first kappa shape index (κ1) is 17.8. The molecule has 0 aromatic heterocycles. The lowest BCUT2D eigenvalue weighted by Crippen LogP contribution is -2.35. The van der Waals surface area contributed by atoms with E-state index in [0.717, 1.165) is 17.8 Å². The number of benzene rings is 1. The minimum Gasteiger partial charge on any atom is -0.364 e. The Hall–Kier alpha value is -1.26. The zero-order chi connectivity index (χ0) is 16.2. The molecule has 1 rings (SSSR count). The smallest absolute Gasteiger partial charge is 0.241 e. The van der Waals surface area contributed by atoms with E-state index in [9.17, 15) is 4.79 Å². The number of carbonyl (C=O) groups is 1. The molecule has 1 aromatic carbocycles. The summed E-state index contributed by atoms with van der Waals surface area (Å²) in [7, 11) is 5.37. The zero-order valence-electron chi connectivity index (χ0n) is 13.8. The lowest BCUT2D eigenvalue weighted by molar-refractivity contribution is -0.127. The highest BCUT2D eigenvalue weighted by atomic mass is 35.5. The van der Waals surface area contributed by atoms with Crippen LogP contribution in [-0.4, -0.2) is 44.0 Å². The topological polar surface area (TPSA) is 35.6 Å². The standard InChI is InChI=1S/C16H26ClN3O/c1-16(2,3)18-10-12-7-8-14(13(17)9-12)20(6)11-15(21)19(4)5/h7-9,18H,10-11H2,1-6H3. The van der Waals surface area contributed by atoms with E-state index in [2.05, 4.69) is 26.1 Å². The third-order valence-electron chi connectivity index (χ3n) is 3.12. The van der Waals surface area contributed by atoms with Crippen molar-refractivity contribution >= 4 is 23.2 Å². The van der Waals surface area contributed by atoms with Crippen LogP contribution in [0.1, 0.15) is 26.3 Å². The minimum absolute atomic E-state index is 0.0482. The monoisotopic (exact) mass is 311 g/mol. The van der Waals surface area contributed by atoms with Gasteiger partial charge in [0.05, 0.1) is 17.3 Å². The number of amides is 1. The third kappa shape index (κ3) is 5.94. The molecule has 0 heterocycles. The normalized spacial score (nSPS) is 11.4. The molecule has 0 aliphatic heterocycles. The second-order valence-electron chi connectivity index (χ2n) is 6.53. The first-order chi connectivity index (χ1) is 9.60. The van der Waals surface area contributed by atoms with Gasteiger partial charge >= 0.3 is 0 Å². The molecule has 21 heavy (non-hydrogen) atoms. The molecule has 5 heteroatoms. The van der Waals surface area contributed by atoms with Crippen LogP contribution >= 0.6 is 11.6 Å². The van der Waals surface area contributed by atoms with Gasteiger partial charge in [0.15, 0.2) is 0 Å². The first-order valence-electron chi connectivity index (χ1n) is 7.05. The number of halogens is 1. The van der Waals surface area contributed by atoms with Crippen molar-refractivity contribution in [3.8, 4) is 0 Å². The largest absolute Gasteiger partial charge is 0.364 e. The van der Waals surface area contributed by atoms with Crippen molar-refractivity contribution in [3.63, 3.8) is 0 Å². The Balaban J connectivity index is 2.76. The van der Waals surface area contributed by atoms with Crippen molar-refractivity contribution < 1.29 is 4.79 Å². The number of hydrogen-bond donors (Lipinski definition) is 1. The minimum atomic E-state index is 0.0482. The molecule has 0 radical (unpaired) electrons. The van der Waals surface area contributed by atoms with Crippen LogP contribution in [0.25, 0.3) is 0 Å². The summed E-state index contributed by atoms with van der Waals surface area (Å²) < 4.78 is 0. The van der Waals surface area contributed by atoms with Crippen molar-refractivity contribution in [3.05, 3.63) is 28.8 Å². The molecule has 0 aliphatic carbocycles. The van der Waals surface area contributed by atoms with E-state index < -0.39 is 0 Å². The molecule has 0 unspecified atom stereocenters. The Labute approximate surface area is 133 Å². The molecule has 0 aliphatic rings. The average Bonchev–Trinajstić information content (AvgIpc) is 2.35. The second-order valence-corrected chi connectivity index (χ2v) is 6.94. The van der Waals surface area contributed by atoms with Gasteiger partial charge in [0, 0.05) is 33.2 Å². The summed E-state index contributed by atoms with van der Waals surface area (Å²) in [5.41, 5.74) is 2.07. The van der Waals surface area contributed by atoms with E-state index in [1.54, 1.807) is 19.0 Å². The van der Waals surface area contributed by atoms with E-state index in [1.165, 1.54) is 0 Å². The lowest BCUT2D eigenvalue weighted by Gasteiger charge is -2.23. The quantitative estimate of drug-likeness (QED) is 0.908. The fraction of sp³-hybridized carbons (Fsp3) is 0.562. The summed E-state index contributed by atoms with van der Waals surface area (Å²) in [5, 5.41) is 4.09. The van der Waals surface area contributed by atoms with Crippen LogP contribution in [0.3, 0.4) is 0 Å². The summed E-state index contributed by atoms with van der Waals surface area (Å²) >= 11 is 6.34. The van der Waals surface area contributed by atoms with Gasteiger partial charge in [-0.1, -0.05) is 17.7 Å². The Morgan fingerprint density at radius 2 is 1.86 bits per heavy atom. The number of likely N-dealkylation sites (N-methyl/N-ethyl adjacent to an activating group) is 2. The highest BCUT2D eigenvalue weighted by Gasteiger charge is 2.13. The van der Waals surface area contributed by atoms with Crippen molar-refractivity contribution in [2.75, 3.05) is 32.6 Å². The lowest BCUT2D eigenvalue weighted by atomic mass is 10.1. The molecule has 0 fully saturated rings.